The molecule has 0 radical (unpaired) electrons. The predicted octanol–water partition coefficient (Wildman–Crippen LogP) is 3.62. The van der Waals surface area contributed by atoms with Gasteiger partial charge in [0.2, 0.25) is 0 Å². The fourth-order valence-corrected chi connectivity index (χ4v) is 2.51. The van der Waals surface area contributed by atoms with Gasteiger partial charge in [0.1, 0.15) is 0 Å². The van der Waals surface area contributed by atoms with E-state index in [1.165, 1.54) is 36.8 Å². The average Bonchev–Trinajstić information content (AvgIpc) is 2.34. The number of carbonyl (C=O) groups is 1. The van der Waals surface area contributed by atoms with Crippen molar-refractivity contribution in [2.75, 3.05) is 0 Å². The number of nitrogens with two attached hydrogens (primary N) is 1. The molecule has 17 heavy (non-hydrogen) atoms. The van der Waals surface area contributed by atoms with Gasteiger partial charge in [-0.3, -0.25) is 4.72 Å². The molecule has 0 aliphatic rings. The fraction of sp³-hybridized carbons (Fsp3) is 0.462. The monoisotopic (exact) mass is 252 g/mol. The van der Waals surface area contributed by atoms with Crippen molar-refractivity contribution in [1.82, 2.24) is 4.72 Å². The lowest BCUT2D eigenvalue weighted by atomic mass is 10.1. The Morgan fingerprint density at radius 3 is 2.65 bits per heavy atom. The van der Waals surface area contributed by atoms with Gasteiger partial charge in [0.15, 0.2) is 0 Å². The minimum Gasteiger partial charge on any atom is -0.351 e. The highest BCUT2D eigenvalue weighted by Crippen LogP contribution is 2.31. The van der Waals surface area contributed by atoms with Gasteiger partial charge in [-0.25, -0.2) is 4.79 Å². The molecule has 2 amide bonds. The minimum absolute atomic E-state index is 0.287. The molecule has 0 bridgehead atoms. The van der Waals surface area contributed by atoms with Crippen LogP contribution < -0.4 is 10.5 Å². The van der Waals surface area contributed by atoms with Crippen molar-refractivity contribution in [3.8, 4) is 0 Å². The molecule has 0 saturated carbocycles. The number of unbranched alkanes of at least 4 members (excludes halogenated alkanes) is 2. The largest absolute Gasteiger partial charge is 0.351 e. The number of rotatable bonds is 7. The first-order valence-corrected chi connectivity index (χ1v) is 6.88. The Hall–Kier alpha value is -1.16. The maximum atomic E-state index is 10.8. The van der Waals surface area contributed by atoms with E-state index in [1.807, 2.05) is 18.2 Å². The molecule has 1 unspecified atom stereocenters. The van der Waals surface area contributed by atoms with E-state index < -0.39 is 6.03 Å². The normalized spacial score (nSPS) is 12.1. The Bertz CT molecular complexity index is 329. The molecule has 0 saturated heterocycles. The number of hydrogen-bond donors (Lipinski definition) is 2. The topological polar surface area (TPSA) is 55.1 Å². The zero-order valence-corrected chi connectivity index (χ0v) is 11.0. The summed E-state index contributed by atoms with van der Waals surface area (Å²) in [7, 11) is 0. The van der Waals surface area contributed by atoms with Crippen LogP contribution in [0, 0.1) is 0 Å². The van der Waals surface area contributed by atoms with Crippen LogP contribution in [0.2, 0.25) is 0 Å². The molecule has 3 N–H and O–H groups in total. The summed E-state index contributed by atoms with van der Waals surface area (Å²) >= 11 is 1.41. The highest BCUT2D eigenvalue weighted by atomic mass is 32.2. The van der Waals surface area contributed by atoms with Crippen LogP contribution in [0.5, 0.6) is 0 Å². The summed E-state index contributed by atoms with van der Waals surface area (Å²) < 4.78 is 2.63. The van der Waals surface area contributed by atoms with E-state index >= 15 is 0 Å². The van der Waals surface area contributed by atoms with Crippen molar-refractivity contribution >= 4 is 18.0 Å². The molecule has 0 aliphatic heterocycles. The summed E-state index contributed by atoms with van der Waals surface area (Å²) in [6, 6.07) is 9.74. The van der Waals surface area contributed by atoms with Crippen LogP contribution in [0.25, 0.3) is 0 Å². The highest BCUT2D eigenvalue weighted by Gasteiger charge is 2.12. The molecular formula is C13H20N2OS. The van der Waals surface area contributed by atoms with Crippen molar-refractivity contribution in [3.63, 3.8) is 0 Å². The number of amides is 2. The van der Waals surface area contributed by atoms with Gasteiger partial charge in [-0.15, -0.1) is 0 Å². The van der Waals surface area contributed by atoms with E-state index in [1.54, 1.807) is 0 Å². The molecule has 0 fully saturated rings. The van der Waals surface area contributed by atoms with Crippen LogP contribution >= 0.6 is 11.9 Å². The molecular weight excluding hydrogens is 232 g/mol. The van der Waals surface area contributed by atoms with Crippen molar-refractivity contribution in [2.24, 2.45) is 5.73 Å². The lowest BCUT2D eigenvalue weighted by molar-refractivity contribution is 0.254. The second-order valence-electron chi connectivity index (χ2n) is 3.98. The summed E-state index contributed by atoms with van der Waals surface area (Å²) in [5.74, 6) is 0. The first kappa shape index (κ1) is 13.9. The van der Waals surface area contributed by atoms with Crippen molar-refractivity contribution in [1.29, 1.82) is 0 Å². The third kappa shape index (κ3) is 5.63. The Morgan fingerprint density at radius 1 is 1.35 bits per heavy atom. The van der Waals surface area contributed by atoms with Crippen LogP contribution in [0.15, 0.2) is 30.3 Å². The van der Waals surface area contributed by atoms with Gasteiger partial charge in [0, 0.05) is 5.25 Å². The predicted molar refractivity (Wildman–Crippen MR) is 73.6 cm³/mol. The number of carbonyl (C=O) groups excluding carboxylic acids is 1. The summed E-state index contributed by atoms with van der Waals surface area (Å²) in [4.78, 5) is 10.8. The molecule has 1 atom stereocenters. The van der Waals surface area contributed by atoms with E-state index in [9.17, 15) is 4.79 Å². The van der Waals surface area contributed by atoms with Gasteiger partial charge in [-0.1, -0.05) is 56.5 Å². The average molecular weight is 252 g/mol. The van der Waals surface area contributed by atoms with Crippen LogP contribution in [0.3, 0.4) is 0 Å². The van der Waals surface area contributed by atoms with Gasteiger partial charge in [0.25, 0.3) is 0 Å². The maximum Gasteiger partial charge on any atom is 0.322 e. The van der Waals surface area contributed by atoms with Gasteiger partial charge >= 0.3 is 6.03 Å². The Kier molecular flexibility index (Phi) is 6.55. The number of hydrogen-bond acceptors (Lipinski definition) is 2. The molecule has 4 heteroatoms. The van der Waals surface area contributed by atoms with E-state index in [-0.39, 0.29) is 5.25 Å². The van der Waals surface area contributed by atoms with Crippen LogP contribution in [0.1, 0.15) is 43.4 Å². The summed E-state index contributed by atoms with van der Waals surface area (Å²) in [5.41, 5.74) is 6.34. The van der Waals surface area contributed by atoms with E-state index in [4.69, 9.17) is 5.73 Å². The molecule has 0 aliphatic carbocycles. The number of primary amides is 1. The third-order valence-electron chi connectivity index (χ3n) is 2.54. The first-order valence-electron chi connectivity index (χ1n) is 6.00. The Morgan fingerprint density at radius 2 is 2.06 bits per heavy atom. The van der Waals surface area contributed by atoms with Crippen LogP contribution in [-0.4, -0.2) is 6.03 Å². The summed E-state index contributed by atoms with van der Waals surface area (Å²) in [6.07, 6.45) is 4.65. The summed E-state index contributed by atoms with van der Waals surface area (Å²) in [6.45, 7) is 2.19. The molecule has 1 rings (SSSR count). The minimum atomic E-state index is -0.480. The van der Waals surface area contributed by atoms with Gasteiger partial charge in [-0.2, -0.15) is 0 Å². The van der Waals surface area contributed by atoms with E-state index in [2.05, 4.69) is 23.8 Å². The SMILES string of the molecule is CCCCCC(SNC(N)=O)c1ccccc1. The van der Waals surface area contributed by atoms with Gasteiger partial charge < -0.3 is 5.73 Å². The number of nitrogens with one attached hydrogen (secondary N) is 1. The van der Waals surface area contributed by atoms with Crippen molar-refractivity contribution < 1.29 is 4.79 Å². The van der Waals surface area contributed by atoms with E-state index in [0.29, 0.717) is 0 Å². The smallest absolute Gasteiger partial charge is 0.322 e. The zero-order valence-electron chi connectivity index (χ0n) is 10.2. The number of urea groups is 1. The lowest BCUT2D eigenvalue weighted by Gasteiger charge is -2.16. The quantitative estimate of drug-likeness (QED) is 0.575. The second-order valence-corrected chi connectivity index (χ2v) is 4.99. The summed E-state index contributed by atoms with van der Waals surface area (Å²) in [5, 5.41) is 0.287. The molecule has 1 aromatic rings. The maximum absolute atomic E-state index is 10.8. The lowest BCUT2D eigenvalue weighted by Crippen LogP contribution is -2.24. The van der Waals surface area contributed by atoms with Crippen molar-refractivity contribution in [2.45, 2.75) is 37.9 Å². The Labute approximate surface area is 107 Å². The third-order valence-corrected chi connectivity index (χ3v) is 3.65. The molecule has 3 nitrogen and oxygen atoms in total. The Balaban J connectivity index is 2.55. The molecule has 0 spiro atoms. The van der Waals surface area contributed by atoms with Crippen LogP contribution in [0.4, 0.5) is 4.79 Å². The molecule has 94 valence electrons. The second kappa shape index (κ2) is 8.01. The van der Waals surface area contributed by atoms with E-state index in [0.717, 1.165) is 6.42 Å². The van der Waals surface area contributed by atoms with Crippen LogP contribution in [-0.2, 0) is 0 Å². The molecule has 0 aromatic heterocycles. The highest BCUT2D eigenvalue weighted by molar-refractivity contribution is 7.98. The van der Waals surface area contributed by atoms with Gasteiger partial charge in [0.05, 0.1) is 0 Å². The zero-order chi connectivity index (χ0) is 12.5. The number of benzene rings is 1. The van der Waals surface area contributed by atoms with Crippen molar-refractivity contribution in [3.05, 3.63) is 35.9 Å². The molecule has 1 aromatic carbocycles. The fourth-order valence-electron chi connectivity index (χ4n) is 1.67. The van der Waals surface area contributed by atoms with Gasteiger partial charge in [-0.05, 0) is 23.9 Å². The molecule has 0 heterocycles. The first-order chi connectivity index (χ1) is 8.24. The standard InChI is InChI=1S/C13H20N2OS/c1-2-3-5-10-12(17-15-13(14)16)11-8-6-4-7-9-11/h4,6-9,12H,2-3,5,10H2,1H3,(H3,14,15,16).